The van der Waals surface area contributed by atoms with Gasteiger partial charge in [-0.1, -0.05) is 0 Å². The average Bonchev–Trinajstić information content (AvgIpc) is 1.89. The Kier molecular flexibility index (Phi) is 7.77. The first kappa shape index (κ1) is 8.88. The van der Waals surface area contributed by atoms with E-state index < -0.39 is 0 Å². The van der Waals surface area contributed by atoms with E-state index in [2.05, 4.69) is 5.32 Å². The van der Waals surface area contributed by atoms with Crippen molar-refractivity contribution < 1.29 is 9.47 Å². The van der Waals surface area contributed by atoms with Crippen molar-refractivity contribution in [3.8, 4) is 0 Å². The lowest BCUT2D eigenvalue weighted by Crippen LogP contribution is -2.12. The minimum absolute atomic E-state index is 0.629. The second-order valence-electron chi connectivity index (χ2n) is 1.75. The molecule has 0 saturated heterocycles. The molecular weight excluding hydrogens is 118 g/mol. The highest BCUT2D eigenvalue weighted by Crippen LogP contribution is 1.80. The second kappa shape index (κ2) is 7.88. The van der Waals surface area contributed by atoms with Gasteiger partial charge in [0, 0.05) is 13.7 Å². The summed E-state index contributed by atoms with van der Waals surface area (Å²) < 4.78 is 9.92. The molecule has 0 saturated carbocycles. The van der Waals surface area contributed by atoms with Crippen molar-refractivity contribution in [3.63, 3.8) is 0 Å². The molecule has 0 spiro atoms. The molecule has 56 valence electrons. The Labute approximate surface area is 56.3 Å². The Morgan fingerprint density at radius 2 is 2.11 bits per heavy atom. The molecule has 0 bridgehead atoms. The van der Waals surface area contributed by atoms with Crippen LogP contribution in [0.1, 0.15) is 6.42 Å². The van der Waals surface area contributed by atoms with Gasteiger partial charge in [-0.3, -0.25) is 5.32 Å². The maximum Gasteiger partial charge on any atom is 0.0962 e. The van der Waals surface area contributed by atoms with E-state index in [9.17, 15) is 0 Å². The smallest absolute Gasteiger partial charge is 0.0962 e. The lowest BCUT2D eigenvalue weighted by atomic mass is 10.5. The van der Waals surface area contributed by atoms with Crippen LogP contribution in [0.2, 0.25) is 0 Å². The van der Waals surface area contributed by atoms with Crippen molar-refractivity contribution in [2.24, 2.45) is 0 Å². The van der Waals surface area contributed by atoms with Crippen LogP contribution in [-0.2, 0) is 9.47 Å². The number of hydrogen-bond acceptors (Lipinski definition) is 3. The lowest BCUT2D eigenvalue weighted by molar-refractivity contribution is 0.0945. The largest absolute Gasteiger partial charge is 0.385 e. The number of nitrogens with one attached hydrogen (secondary N) is 1. The molecule has 1 N–H and O–H groups in total. The van der Waals surface area contributed by atoms with E-state index >= 15 is 0 Å². The van der Waals surface area contributed by atoms with Gasteiger partial charge in [-0.15, -0.1) is 0 Å². The summed E-state index contributed by atoms with van der Waals surface area (Å²) in [5, 5.41) is 2.88. The van der Waals surface area contributed by atoms with Crippen LogP contribution in [0.5, 0.6) is 0 Å². The Morgan fingerprint density at radius 1 is 1.33 bits per heavy atom. The maximum atomic E-state index is 5.09. The Bertz CT molecular complexity index is 44.3. The first-order valence-electron chi connectivity index (χ1n) is 3.13. The third-order valence-electron chi connectivity index (χ3n) is 0.884. The van der Waals surface area contributed by atoms with Gasteiger partial charge >= 0.3 is 0 Å². The van der Waals surface area contributed by atoms with Crippen LogP contribution in [-0.4, -0.2) is 34.1 Å². The molecule has 0 rings (SSSR count). The zero-order chi connectivity index (χ0) is 6.95. The Morgan fingerprint density at radius 3 is 2.67 bits per heavy atom. The fourth-order valence-corrected chi connectivity index (χ4v) is 0.480. The fraction of sp³-hybridized carbons (Fsp3) is 1.00. The summed E-state index contributed by atoms with van der Waals surface area (Å²) in [5.41, 5.74) is 0. The molecule has 0 aromatic heterocycles. The molecule has 0 aliphatic heterocycles. The minimum atomic E-state index is 0.629. The monoisotopic (exact) mass is 133 g/mol. The van der Waals surface area contributed by atoms with E-state index in [1.165, 1.54) is 0 Å². The first-order valence-corrected chi connectivity index (χ1v) is 3.13. The predicted molar refractivity (Wildman–Crippen MR) is 36.4 cm³/mol. The average molecular weight is 133 g/mol. The molecule has 0 unspecified atom stereocenters. The van der Waals surface area contributed by atoms with Crippen LogP contribution >= 0.6 is 0 Å². The van der Waals surface area contributed by atoms with Crippen LogP contribution in [0.25, 0.3) is 0 Å². The molecule has 0 atom stereocenters. The van der Waals surface area contributed by atoms with Crippen molar-refractivity contribution in [1.29, 1.82) is 0 Å². The molecule has 3 heteroatoms. The van der Waals surface area contributed by atoms with Crippen molar-refractivity contribution in [3.05, 3.63) is 0 Å². The Hall–Kier alpha value is -0.120. The maximum absolute atomic E-state index is 5.09. The molecule has 0 fully saturated rings. The van der Waals surface area contributed by atoms with Gasteiger partial charge in [-0.25, -0.2) is 0 Å². The predicted octanol–water partition coefficient (Wildman–Crippen LogP) is 0.216. The van der Waals surface area contributed by atoms with Gasteiger partial charge in [-0.05, 0) is 13.5 Å². The van der Waals surface area contributed by atoms with Gasteiger partial charge in [0.25, 0.3) is 0 Å². The van der Waals surface area contributed by atoms with Gasteiger partial charge in [0.05, 0.1) is 13.3 Å². The number of hydrogen-bond donors (Lipinski definition) is 1. The summed E-state index contributed by atoms with van der Waals surface area (Å²) in [6, 6.07) is 0. The topological polar surface area (TPSA) is 30.5 Å². The molecule has 9 heavy (non-hydrogen) atoms. The van der Waals surface area contributed by atoms with Crippen molar-refractivity contribution >= 4 is 0 Å². The normalized spacial score (nSPS) is 10.0. The molecule has 0 aromatic rings. The minimum Gasteiger partial charge on any atom is -0.385 e. The summed E-state index contributed by atoms with van der Waals surface area (Å²) in [7, 11) is 3.55. The van der Waals surface area contributed by atoms with Gasteiger partial charge in [0.1, 0.15) is 0 Å². The van der Waals surface area contributed by atoms with E-state index in [1.807, 2.05) is 7.05 Å². The van der Waals surface area contributed by atoms with Crippen LogP contribution in [0.3, 0.4) is 0 Å². The van der Waals surface area contributed by atoms with Crippen molar-refractivity contribution in [2.45, 2.75) is 6.42 Å². The SMILES string of the molecule is CNCOCCCOC. The standard InChI is InChI=1S/C6H15NO2/c1-7-6-9-5-3-4-8-2/h7H,3-6H2,1-2H3. The molecular formula is C6H15NO2. The van der Waals surface area contributed by atoms with Gasteiger partial charge < -0.3 is 9.47 Å². The van der Waals surface area contributed by atoms with Crippen molar-refractivity contribution in [2.75, 3.05) is 34.1 Å². The van der Waals surface area contributed by atoms with Crippen molar-refractivity contribution in [1.82, 2.24) is 5.32 Å². The second-order valence-corrected chi connectivity index (χ2v) is 1.75. The van der Waals surface area contributed by atoms with E-state index in [4.69, 9.17) is 9.47 Å². The van der Waals surface area contributed by atoms with Crippen LogP contribution < -0.4 is 5.32 Å². The molecule has 0 amide bonds. The third kappa shape index (κ3) is 7.88. The summed E-state index contributed by atoms with van der Waals surface area (Å²) in [6.45, 7) is 2.18. The molecule has 0 aliphatic carbocycles. The van der Waals surface area contributed by atoms with E-state index in [0.29, 0.717) is 6.73 Å². The van der Waals surface area contributed by atoms with E-state index in [1.54, 1.807) is 7.11 Å². The van der Waals surface area contributed by atoms with Gasteiger partial charge in [0.15, 0.2) is 0 Å². The summed E-state index contributed by atoms with van der Waals surface area (Å²) in [6.07, 6.45) is 0.970. The van der Waals surface area contributed by atoms with Gasteiger partial charge in [0.2, 0.25) is 0 Å². The third-order valence-corrected chi connectivity index (χ3v) is 0.884. The molecule has 0 aromatic carbocycles. The van der Waals surface area contributed by atoms with Crippen LogP contribution in [0, 0.1) is 0 Å². The fourth-order valence-electron chi connectivity index (χ4n) is 0.480. The quantitative estimate of drug-likeness (QED) is 0.415. The highest BCUT2D eigenvalue weighted by atomic mass is 16.5. The van der Waals surface area contributed by atoms with Crippen LogP contribution in [0.4, 0.5) is 0 Å². The zero-order valence-electron chi connectivity index (χ0n) is 6.14. The molecule has 3 nitrogen and oxygen atoms in total. The highest BCUT2D eigenvalue weighted by molar-refractivity contribution is 4.31. The lowest BCUT2D eigenvalue weighted by Gasteiger charge is -2.00. The highest BCUT2D eigenvalue weighted by Gasteiger charge is 1.84. The summed E-state index contributed by atoms with van der Waals surface area (Å²) in [4.78, 5) is 0. The Balaban J connectivity index is 2.60. The molecule has 0 radical (unpaired) electrons. The van der Waals surface area contributed by atoms with E-state index in [0.717, 1.165) is 19.6 Å². The molecule has 0 aliphatic rings. The summed E-state index contributed by atoms with van der Waals surface area (Å²) in [5.74, 6) is 0. The number of methoxy groups -OCH3 is 1. The number of ether oxygens (including phenoxy) is 2. The number of rotatable bonds is 6. The summed E-state index contributed by atoms with van der Waals surface area (Å²) >= 11 is 0. The van der Waals surface area contributed by atoms with Gasteiger partial charge in [-0.2, -0.15) is 0 Å². The zero-order valence-corrected chi connectivity index (χ0v) is 6.14. The van der Waals surface area contributed by atoms with Crippen LogP contribution in [0.15, 0.2) is 0 Å². The van der Waals surface area contributed by atoms with E-state index in [-0.39, 0.29) is 0 Å². The first-order chi connectivity index (χ1) is 4.41. The molecule has 0 heterocycles.